The second kappa shape index (κ2) is 6.84. The lowest BCUT2D eigenvalue weighted by molar-refractivity contribution is 0.207. The lowest BCUT2D eigenvalue weighted by atomic mass is 10.2. The maximum Gasteiger partial charge on any atom is 0.121 e. The van der Waals surface area contributed by atoms with E-state index in [1.807, 2.05) is 32.1 Å². The summed E-state index contributed by atoms with van der Waals surface area (Å²) in [5.74, 6) is 0. The molecule has 2 heteroatoms. The summed E-state index contributed by atoms with van der Waals surface area (Å²) in [6, 6.07) is 0.259. The Morgan fingerprint density at radius 2 is 2.20 bits per heavy atom. The quantitative estimate of drug-likeness (QED) is 0.454. The molecule has 0 amide bonds. The van der Waals surface area contributed by atoms with E-state index in [4.69, 9.17) is 16.3 Å². The SMILES string of the molecule is C/C=C\C(=C/C)COCCl. The standard InChI is InChI=1S/C8H13ClO/c1-3-5-8(4-2)6-10-7-9/h3-5H,6-7H2,1-2H3/b5-3-,8-4+. The van der Waals surface area contributed by atoms with Crippen LogP contribution < -0.4 is 0 Å². The van der Waals surface area contributed by atoms with Crippen molar-refractivity contribution in [2.45, 2.75) is 13.8 Å². The highest BCUT2D eigenvalue weighted by atomic mass is 35.5. The molecule has 0 aromatic heterocycles. The van der Waals surface area contributed by atoms with Crippen molar-refractivity contribution in [2.24, 2.45) is 0 Å². The largest absolute Gasteiger partial charge is 0.361 e. The molecule has 0 aromatic rings. The van der Waals surface area contributed by atoms with Gasteiger partial charge in [0.25, 0.3) is 0 Å². The predicted octanol–water partition coefficient (Wildman–Crippen LogP) is 2.72. The molecule has 0 aliphatic rings. The average Bonchev–Trinajstić information content (AvgIpc) is 1.98. The van der Waals surface area contributed by atoms with Crippen molar-refractivity contribution in [1.29, 1.82) is 0 Å². The summed E-state index contributed by atoms with van der Waals surface area (Å²) in [4.78, 5) is 0. The first kappa shape index (κ1) is 9.73. The third-order valence-corrected chi connectivity index (χ3v) is 1.25. The number of hydrogen-bond donors (Lipinski definition) is 0. The number of hydrogen-bond acceptors (Lipinski definition) is 1. The molecule has 0 spiro atoms. The van der Waals surface area contributed by atoms with Crippen molar-refractivity contribution >= 4 is 11.6 Å². The molecule has 0 saturated heterocycles. The van der Waals surface area contributed by atoms with Gasteiger partial charge in [0.2, 0.25) is 0 Å². The Kier molecular flexibility index (Phi) is 6.66. The van der Waals surface area contributed by atoms with Crippen LogP contribution in [0.25, 0.3) is 0 Å². The van der Waals surface area contributed by atoms with Crippen molar-refractivity contribution in [1.82, 2.24) is 0 Å². The molecule has 0 rings (SSSR count). The van der Waals surface area contributed by atoms with Gasteiger partial charge in [-0.05, 0) is 19.4 Å². The van der Waals surface area contributed by atoms with Crippen molar-refractivity contribution in [3.05, 3.63) is 23.8 Å². The van der Waals surface area contributed by atoms with Crippen molar-refractivity contribution in [3.63, 3.8) is 0 Å². The number of halogens is 1. The molecule has 0 atom stereocenters. The molecule has 0 fully saturated rings. The molecule has 0 aliphatic heterocycles. The highest BCUT2D eigenvalue weighted by molar-refractivity contribution is 6.17. The fraction of sp³-hybridized carbons (Fsp3) is 0.500. The van der Waals surface area contributed by atoms with Crippen LogP contribution in [-0.2, 0) is 4.74 Å². The van der Waals surface area contributed by atoms with Gasteiger partial charge in [0, 0.05) is 0 Å². The first-order valence-corrected chi connectivity index (χ1v) is 3.80. The minimum Gasteiger partial charge on any atom is -0.361 e. The summed E-state index contributed by atoms with van der Waals surface area (Å²) < 4.78 is 4.98. The number of allylic oxidation sites excluding steroid dienone is 2. The molecule has 0 aromatic carbocycles. The Balaban J connectivity index is 3.62. The molecular weight excluding hydrogens is 148 g/mol. The summed E-state index contributed by atoms with van der Waals surface area (Å²) in [6.07, 6.45) is 5.99. The van der Waals surface area contributed by atoms with Gasteiger partial charge in [-0.2, -0.15) is 0 Å². The number of ether oxygens (including phenoxy) is 1. The average molecular weight is 161 g/mol. The zero-order valence-corrected chi connectivity index (χ0v) is 7.19. The van der Waals surface area contributed by atoms with E-state index in [0.29, 0.717) is 6.61 Å². The van der Waals surface area contributed by atoms with E-state index in [1.54, 1.807) is 0 Å². The Bertz CT molecular complexity index is 127. The van der Waals surface area contributed by atoms with Gasteiger partial charge in [0.15, 0.2) is 0 Å². The first-order chi connectivity index (χ1) is 4.85. The maximum atomic E-state index is 5.33. The van der Waals surface area contributed by atoms with Crippen LogP contribution in [0.3, 0.4) is 0 Å². The normalized spacial score (nSPS) is 12.9. The van der Waals surface area contributed by atoms with Crippen molar-refractivity contribution in [3.8, 4) is 0 Å². The molecule has 0 radical (unpaired) electrons. The zero-order valence-electron chi connectivity index (χ0n) is 6.43. The molecule has 0 aliphatic carbocycles. The van der Waals surface area contributed by atoms with Crippen molar-refractivity contribution < 1.29 is 4.74 Å². The van der Waals surface area contributed by atoms with Gasteiger partial charge in [0.05, 0.1) is 6.61 Å². The molecule has 0 heterocycles. The van der Waals surface area contributed by atoms with Crippen LogP contribution in [0, 0.1) is 0 Å². The van der Waals surface area contributed by atoms with Gasteiger partial charge in [-0.3, -0.25) is 0 Å². The van der Waals surface area contributed by atoms with Crippen LogP contribution >= 0.6 is 11.6 Å². The van der Waals surface area contributed by atoms with E-state index >= 15 is 0 Å². The Morgan fingerprint density at radius 1 is 1.50 bits per heavy atom. The third-order valence-electron chi connectivity index (χ3n) is 1.10. The number of rotatable bonds is 4. The topological polar surface area (TPSA) is 9.23 Å². The van der Waals surface area contributed by atoms with Crippen LogP contribution in [0.4, 0.5) is 0 Å². The van der Waals surface area contributed by atoms with Gasteiger partial charge in [-0.1, -0.05) is 29.8 Å². The van der Waals surface area contributed by atoms with Gasteiger partial charge in [-0.25, -0.2) is 0 Å². The lowest BCUT2D eigenvalue weighted by Gasteiger charge is -1.98. The van der Waals surface area contributed by atoms with E-state index in [-0.39, 0.29) is 6.07 Å². The predicted molar refractivity (Wildman–Crippen MR) is 45.2 cm³/mol. The second-order valence-electron chi connectivity index (χ2n) is 1.82. The molecule has 0 bridgehead atoms. The van der Waals surface area contributed by atoms with Crippen LogP contribution in [0.1, 0.15) is 13.8 Å². The smallest absolute Gasteiger partial charge is 0.121 e. The Labute approximate surface area is 67.3 Å². The molecule has 0 unspecified atom stereocenters. The lowest BCUT2D eigenvalue weighted by Crippen LogP contribution is -1.93. The fourth-order valence-corrected chi connectivity index (χ4v) is 0.675. The van der Waals surface area contributed by atoms with Crippen LogP contribution in [0.5, 0.6) is 0 Å². The molecule has 1 nitrogen and oxygen atoms in total. The maximum absolute atomic E-state index is 5.33. The van der Waals surface area contributed by atoms with E-state index < -0.39 is 0 Å². The van der Waals surface area contributed by atoms with E-state index in [0.717, 1.165) is 5.57 Å². The molecule has 0 saturated carbocycles. The summed E-state index contributed by atoms with van der Waals surface area (Å²) in [5, 5.41) is 0. The van der Waals surface area contributed by atoms with E-state index in [9.17, 15) is 0 Å². The molecule has 0 N–H and O–H groups in total. The number of alkyl halides is 1. The van der Waals surface area contributed by atoms with E-state index in [2.05, 4.69) is 0 Å². The first-order valence-electron chi connectivity index (χ1n) is 3.26. The highest BCUT2D eigenvalue weighted by Gasteiger charge is 1.87. The Morgan fingerprint density at radius 3 is 2.60 bits per heavy atom. The fourth-order valence-electron chi connectivity index (χ4n) is 0.598. The minimum absolute atomic E-state index is 0.259. The van der Waals surface area contributed by atoms with Gasteiger partial charge in [-0.15, -0.1) is 0 Å². The summed E-state index contributed by atoms with van der Waals surface area (Å²) >= 11 is 5.33. The Hall–Kier alpha value is -0.270. The van der Waals surface area contributed by atoms with Crippen LogP contribution in [-0.4, -0.2) is 12.7 Å². The third kappa shape index (κ3) is 4.59. The zero-order chi connectivity index (χ0) is 7.82. The summed E-state index contributed by atoms with van der Waals surface area (Å²) in [6.45, 7) is 4.56. The summed E-state index contributed by atoms with van der Waals surface area (Å²) in [5.41, 5.74) is 1.16. The van der Waals surface area contributed by atoms with Crippen molar-refractivity contribution in [2.75, 3.05) is 12.7 Å². The van der Waals surface area contributed by atoms with Gasteiger partial charge in [0.1, 0.15) is 6.07 Å². The van der Waals surface area contributed by atoms with Gasteiger partial charge < -0.3 is 4.74 Å². The monoisotopic (exact) mass is 160 g/mol. The molecule has 10 heavy (non-hydrogen) atoms. The van der Waals surface area contributed by atoms with Crippen LogP contribution in [0.15, 0.2) is 23.8 Å². The summed E-state index contributed by atoms with van der Waals surface area (Å²) in [7, 11) is 0. The minimum atomic E-state index is 0.259. The van der Waals surface area contributed by atoms with Crippen LogP contribution in [0.2, 0.25) is 0 Å². The molecule has 58 valence electrons. The molecular formula is C8H13ClO. The second-order valence-corrected chi connectivity index (χ2v) is 2.04. The van der Waals surface area contributed by atoms with Gasteiger partial charge >= 0.3 is 0 Å². The highest BCUT2D eigenvalue weighted by Crippen LogP contribution is 1.97. The van der Waals surface area contributed by atoms with E-state index in [1.165, 1.54) is 0 Å².